The first-order valence-electron chi connectivity index (χ1n) is 9.88. The highest BCUT2D eigenvalue weighted by molar-refractivity contribution is 6.32. The molecule has 0 aliphatic carbocycles. The van der Waals surface area contributed by atoms with E-state index in [1.807, 2.05) is 23.4 Å². The number of rotatable bonds is 1. The Kier molecular flexibility index (Phi) is 5.38. The molecule has 3 heterocycles. The minimum atomic E-state index is 0.157. The zero-order chi connectivity index (χ0) is 19.7. The second kappa shape index (κ2) is 7.94. The molecule has 0 amide bonds. The minimum absolute atomic E-state index is 0.157. The number of nitriles is 1. The van der Waals surface area contributed by atoms with Gasteiger partial charge in [-0.05, 0) is 37.0 Å². The van der Waals surface area contributed by atoms with Crippen LogP contribution in [0.1, 0.15) is 43.7 Å². The quantitative estimate of drug-likeness (QED) is 0.789. The lowest BCUT2D eigenvalue weighted by atomic mass is 9.92. The summed E-state index contributed by atoms with van der Waals surface area (Å²) in [7, 11) is 0. The number of nitrogens with zero attached hydrogens (tertiary/aromatic N) is 5. The van der Waals surface area contributed by atoms with E-state index in [1.165, 1.54) is 0 Å². The largest absolute Gasteiger partial charge is 0.366 e. The summed E-state index contributed by atoms with van der Waals surface area (Å²) in [5, 5.41) is 20.0. The topological polar surface area (TPSA) is 67.0 Å². The lowest BCUT2D eigenvalue weighted by Crippen LogP contribution is -2.47. The van der Waals surface area contributed by atoms with E-state index < -0.39 is 0 Å². The van der Waals surface area contributed by atoms with Gasteiger partial charge in [0.1, 0.15) is 6.07 Å². The summed E-state index contributed by atoms with van der Waals surface area (Å²) in [6.07, 6.45) is 5.89. The van der Waals surface area contributed by atoms with Crippen molar-refractivity contribution in [2.45, 2.75) is 38.6 Å². The fraction of sp³-hybridized carbons (Fsp3) is 0.476. The predicted molar refractivity (Wildman–Crippen MR) is 114 cm³/mol. The van der Waals surface area contributed by atoms with Crippen LogP contribution in [0.25, 0.3) is 0 Å². The van der Waals surface area contributed by atoms with Crippen LogP contribution in [0.2, 0.25) is 5.02 Å². The van der Waals surface area contributed by atoms with Crippen LogP contribution in [-0.4, -0.2) is 49.2 Å². The van der Waals surface area contributed by atoms with E-state index in [1.54, 1.807) is 0 Å². The normalized spacial score (nSPS) is 24.8. The Morgan fingerprint density at radius 2 is 2.00 bits per heavy atom. The Morgan fingerprint density at radius 1 is 1.21 bits per heavy atom. The molecule has 1 aromatic carbocycles. The number of nitrogens with one attached hydrogen (secondary N) is 1. The minimum Gasteiger partial charge on any atom is -0.366 e. The van der Waals surface area contributed by atoms with Crippen LogP contribution in [-0.2, 0) is 0 Å². The van der Waals surface area contributed by atoms with Crippen LogP contribution in [0.15, 0.2) is 34.0 Å². The number of piperazine rings is 1. The van der Waals surface area contributed by atoms with E-state index in [4.69, 9.17) is 21.7 Å². The second-order valence-corrected chi connectivity index (χ2v) is 8.02. The highest BCUT2D eigenvalue weighted by atomic mass is 35.5. The highest BCUT2D eigenvalue weighted by Gasteiger charge is 2.30. The summed E-state index contributed by atoms with van der Waals surface area (Å²) < 4.78 is 0. The van der Waals surface area contributed by atoms with E-state index in [2.05, 4.69) is 36.2 Å². The summed E-state index contributed by atoms with van der Waals surface area (Å²) in [4.78, 5) is 7.43. The molecular weight excluding hydrogens is 372 g/mol. The van der Waals surface area contributed by atoms with Crippen LogP contribution in [0, 0.1) is 11.3 Å². The van der Waals surface area contributed by atoms with E-state index in [-0.39, 0.29) is 12.0 Å². The van der Waals surface area contributed by atoms with E-state index in [0.29, 0.717) is 10.6 Å². The predicted octanol–water partition coefficient (Wildman–Crippen LogP) is 3.49. The standard InChI is InChI=1S/C21H25ClN6/c1-14-3-4-19(27-9-7-24-8-10-27)21-26-15(2)5-6-25-28(21)20-12-18(22)16(13-23)11-17(14)20/h4,6,11-12,14-15,24H,3,5,7-10H2,1-2H3. The Balaban J connectivity index is 1.88. The van der Waals surface area contributed by atoms with Crippen LogP contribution in [0.4, 0.5) is 5.69 Å². The van der Waals surface area contributed by atoms with E-state index in [0.717, 1.165) is 61.8 Å². The Hall–Kier alpha value is -2.36. The summed E-state index contributed by atoms with van der Waals surface area (Å²) in [6.45, 7) is 8.14. The highest BCUT2D eigenvalue weighted by Crippen LogP contribution is 2.38. The molecule has 6 nitrogen and oxygen atoms in total. The van der Waals surface area contributed by atoms with Crippen molar-refractivity contribution in [3.05, 3.63) is 40.1 Å². The van der Waals surface area contributed by atoms with Gasteiger partial charge in [-0.2, -0.15) is 10.4 Å². The molecule has 2 unspecified atom stereocenters. The third-order valence-corrected chi connectivity index (χ3v) is 5.85. The molecule has 3 aliphatic heterocycles. The van der Waals surface area contributed by atoms with Gasteiger partial charge in [-0.25, -0.2) is 5.01 Å². The summed E-state index contributed by atoms with van der Waals surface area (Å²) in [6, 6.07) is 6.14. The number of halogens is 1. The zero-order valence-electron chi connectivity index (χ0n) is 16.3. The number of allylic oxidation sites excluding steroid dienone is 1. The molecule has 3 aliphatic rings. The van der Waals surface area contributed by atoms with Crippen molar-refractivity contribution in [2.24, 2.45) is 10.1 Å². The van der Waals surface area contributed by atoms with Gasteiger partial charge in [0.05, 0.1) is 28.0 Å². The van der Waals surface area contributed by atoms with Crippen molar-refractivity contribution in [1.82, 2.24) is 10.2 Å². The van der Waals surface area contributed by atoms with Crippen LogP contribution in [0.5, 0.6) is 0 Å². The number of amidine groups is 1. The smallest absolute Gasteiger partial charge is 0.173 e. The van der Waals surface area contributed by atoms with Crippen molar-refractivity contribution < 1.29 is 0 Å². The average molecular weight is 397 g/mol. The molecular formula is C21H25ClN6. The molecule has 1 fully saturated rings. The van der Waals surface area contributed by atoms with Crippen molar-refractivity contribution in [3.8, 4) is 6.07 Å². The fourth-order valence-electron chi connectivity index (χ4n) is 3.93. The van der Waals surface area contributed by atoms with Crippen molar-refractivity contribution in [1.29, 1.82) is 5.26 Å². The first-order valence-corrected chi connectivity index (χ1v) is 10.3. The molecule has 0 radical (unpaired) electrons. The lowest BCUT2D eigenvalue weighted by Gasteiger charge is -2.36. The molecule has 1 saturated heterocycles. The number of hydrogen-bond donors (Lipinski definition) is 1. The maximum Gasteiger partial charge on any atom is 0.173 e. The average Bonchev–Trinajstić information content (AvgIpc) is 2.89. The van der Waals surface area contributed by atoms with Crippen molar-refractivity contribution >= 4 is 29.3 Å². The first kappa shape index (κ1) is 19.0. The van der Waals surface area contributed by atoms with E-state index >= 15 is 0 Å². The molecule has 7 heteroatoms. The Bertz CT molecular complexity index is 891. The van der Waals surface area contributed by atoms with Gasteiger partial charge in [-0.3, -0.25) is 4.99 Å². The van der Waals surface area contributed by atoms with Gasteiger partial charge in [-0.1, -0.05) is 24.6 Å². The molecule has 2 atom stereocenters. The number of hydrogen-bond acceptors (Lipinski definition) is 6. The molecule has 28 heavy (non-hydrogen) atoms. The maximum atomic E-state index is 9.43. The molecule has 4 rings (SSSR count). The molecule has 1 N–H and O–H groups in total. The van der Waals surface area contributed by atoms with Crippen LogP contribution >= 0.6 is 11.6 Å². The molecule has 146 valence electrons. The molecule has 0 saturated carbocycles. The SMILES string of the molecule is CC1CC=NN2C(=N1)C(N1CCNCC1)=CCC(C)c1cc(C#N)c(Cl)cc12. The van der Waals surface area contributed by atoms with Crippen LogP contribution < -0.4 is 10.3 Å². The van der Waals surface area contributed by atoms with Gasteiger partial charge < -0.3 is 10.2 Å². The van der Waals surface area contributed by atoms with Crippen molar-refractivity contribution in [2.75, 3.05) is 31.2 Å². The maximum absolute atomic E-state index is 9.43. The number of fused-ring (bicyclic) bond motifs is 3. The molecule has 0 spiro atoms. The third-order valence-electron chi connectivity index (χ3n) is 5.53. The van der Waals surface area contributed by atoms with Gasteiger partial charge in [-0.15, -0.1) is 0 Å². The van der Waals surface area contributed by atoms with Crippen LogP contribution in [0.3, 0.4) is 0 Å². The number of benzene rings is 1. The van der Waals surface area contributed by atoms with Gasteiger partial charge in [0.25, 0.3) is 0 Å². The van der Waals surface area contributed by atoms with Gasteiger partial charge in [0, 0.05) is 38.8 Å². The second-order valence-electron chi connectivity index (χ2n) is 7.61. The molecule has 0 bridgehead atoms. The van der Waals surface area contributed by atoms with Gasteiger partial charge in [0.2, 0.25) is 0 Å². The van der Waals surface area contributed by atoms with Gasteiger partial charge >= 0.3 is 0 Å². The number of hydrazone groups is 1. The summed E-state index contributed by atoms with van der Waals surface area (Å²) >= 11 is 6.41. The number of aliphatic imine (C=N–C) groups is 1. The van der Waals surface area contributed by atoms with Crippen molar-refractivity contribution in [3.63, 3.8) is 0 Å². The summed E-state index contributed by atoms with van der Waals surface area (Å²) in [5.74, 6) is 1.12. The lowest BCUT2D eigenvalue weighted by molar-refractivity contribution is 0.309. The Labute approximate surface area is 171 Å². The Morgan fingerprint density at radius 3 is 2.75 bits per heavy atom. The monoisotopic (exact) mass is 396 g/mol. The fourth-order valence-corrected chi connectivity index (χ4v) is 4.13. The van der Waals surface area contributed by atoms with E-state index in [9.17, 15) is 5.26 Å². The molecule has 0 aromatic heterocycles. The first-order chi connectivity index (χ1) is 13.6. The summed E-state index contributed by atoms with van der Waals surface area (Å²) in [5.41, 5.74) is 3.65. The van der Waals surface area contributed by atoms with Gasteiger partial charge in [0.15, 0.2) is 5.84 Å². The zero-order valence-corrected chi connectivity index (χ0v) is 17.1. The number of anilines is 1. The third kappa shape index (κ3) is 3.52. The molecule has 1 aromatic rings.